The Morgan fingerprint density at radius 3 is 2.91 bits per heavy atom. The van der Waals surface area contributed by atoms with E-state index in [1.54, 1.807) is 7.11 Å². The lowest BCUT2D eigenvalue weighted by molar-refractivity contribution is 0.167. The monoisotopic (exact) mass is 305 g/mol. The fourth-order valence-electron chi connectivity index (χ4n) is 2.72. The summed E-state index contributed by atoms with van der Waals surface area (Å²) in [5.74, 6) is 0. The summed E-state index contributed by atoms with van der Waals surface area (Å²) in [5.41, 5.74) is 1.11. The first-order valence-electron chi connectivity index (χ1n) is 8.05. The molecule has 0 radical (unpaired) electrons. The number of amides is 2. The number of rotatable bonds is 6. The average Bonchev–Trinajstić information content (AvgIpc) is 2.54. The van der Waals surface area contributed by atoms with Crippen LogP contribution in [0.3, 0.4) is 0 Å². The number of ether oxygens (including phenoxy) is 1. The highest BCUT2D eigenvalue weighted by atomic mass is 16.5. The molecule has 0 spiro atoms. The minimum absolute atomic E-state index is 0.0307. The molecule has 2 amide bonds. The summed E-state index contributed by atoms with van der Waals surface area (Å²) in [6.45, 7) is 4.26. The summed E-state index contributed by atoms with van der Waals surface area (Å²) >= 11 is 0. The van der Waals surface area contributed by atoms with Crippen LogP contribution in [0.25, 0.3) is 0 Å². The van der Waals surface area contributed by atoms with Crippen molar-refractivity contribution in [1.29, 1.82) is 0 Å². The Morgan fingerprint density at radius 1 is 1.41 bits per heavy atom. The molecule has 1 aromatic rings. The molecule has 0 saturated carbocycles. The van der Waals surface area contributed by atoms with Crippen molar-refractivity contribution >= 4 is 11.7 Å². The van der Waals surface area contributed by atoms with Gasteiger partial charge >= 0.3 is 6.03 Å². The number of benzene rings is 1. The van der Waals surface area contributed by atoms with E-state index in [1.807, 2.05) is 30.0 Å². The lowest BCUT2D eigenvalue weighted by Crippen LogP contribution is -2.51. The van der Waals surface area contributed by atoms with E-state index in [9.17, 15) is 4.79 Å². The van der Waals surface area contributed by atoms with Gasteiger partial charge in [0, 0.05) is 44.6 Å². The van der Waals surface area contributed by atoms with Gasteiger partial charge in [0.1, 0.15) is 0 Å². The Labute approximate surface area is 133 Å². The normalized spacial score (nSPS) is 19.5. The standard InChI is InChI=1S/C17H27N3O2/c1-14(10-12-22-2)18-17(21)20-11-6-9-16(13-20)19-15-7-4-3-5-8-15/h3-5,7-8,14,16,19H,6,9-13H2,1-2H3,(H,18,21)/t14-,16-/m0/s1. The van der Waals surface area contributed by atoms with Gasteiger partial charge in [-0.2, -0.15) is 0 Å². The third-order valence-electron chi connectivity index (χ3n) is 3.98. The van der Waals surface area contributed by atoms with Gasteiger partial charge < -0.3 is 20.3 Å². The molecule has 5 heteroatoms. The number of para-hydroxylation sites is 1. The number of carbonyl (C=O) groups is 1. The molecule has 1 saturated heterocycles. The van der Waals surface area contributed by atoms with Crippen LogP contribution in [0.4, 0.5) is 10.5 Å². The number of methoxy groups -OCH3 is 1. The zero-order valence-electron chi connectivity index (χ0n) is 13.5. The number of likely N-dealkylation sites (tertiary alicyclic amines) is 1. The van der Waals surface area contributed by atoms with Crippen LogP contribution in [0.5, 0.6) is 0 Å². The molecule has 1 aliphatic rings. The maximum Gasteiger partial charge on any atom is 0.317 e. The molecule has 0 aromatic heterocycles. The molecule has 1 fully saturated rings. The molecule has 2 atom stereocenters. The number of anilines is 1. The molecule has 0 unspecified atom stereocenters. The second-order valence-electron chi connectivity index (χ2n) is 5.93. The molecule has 2 rings (SSSR count). The van der Waals surface area contributed by atoms with Crippen LogP contribution in [0.1, 0.15) is 26.2 Å². The number of hydrogen-bond acceptors (Lipinski definition) is 3. The number of hydrogen-bond donors (Lipinski definition) is 2. The van der Waals surface area contributed by atoms with Crippen molar-refractivity contribution in [2.75, 3.05) is 32.1 Å². The van der Waals surface area contributed by atoms with Crippen molar-refractivity contribution in [1.82, 2.24) is 10.2 Å². The molecule has 1 aromatic carbocycles. The quantitative estimate of drug-likeness (QED) is 0.849. The summed E-state index contributed by atoms with van der Waals surface area (Å²) in [7, 11) is 1.68. The average molecular weight is 305 g/mol. The van der Waals surface area contributed by atoms with E-state index in [1.165, 1.54) is 0 Å². The van der Waals surface area contributed by atoms with E-state index in [0.29, 0.717) is 12.6 Å². The Balaban J connectivity index is 1.81. The smallest absolute Gasteiger partial charge is 0.317 e. The molecular weight excluding hydrogens is 278 g/mol. The van der Waals surface area contributed by atoms with Crippen molar-refractivity contribution in [2.45, 2.75) is 38.3 Å². The summed E-state index contributed by atoms with van der Waals surface area (Å²) in [6, 6.07) is 10.7. The van der Waals surface area contributed by atoms with Crippen molar-refractivity contribution < 1.29 is 9.53 Å². The van der Waals surface area contributed by atoms with E-state index in [4.69, 9.17) is 4.74 Å². The van der Waals surface area contributed by atoms with Gasteiger partial charge in [-0.3, -0.25) is 0 Å². The molecule has 1 aliphatic heterocycles. The lowest BCUT2D eigenvalue weighted by Gasteiger charge is -2.34. The van der Waals surface area contributed by atoms with Crippen LogP contribution >= 0.6 is 0 Å². The van der Waals surface area contributed by atoms with Crippen LogP contribution in [-0.4, -0.2) is 49.8 Å². The van der Waals surface area contributed by atoms with Gasteiger partial charge in [-0.25, -0.2) is 4.79 Å². The second kappa shape index (κ2) is 8.63. The molecule has 0 bridgehead atoms. The third kappa shape index (κ3) is 5.22. The highest BCUT2D eigenvalue weighted by Crippen LogP contribution is 2.16. The first-order chi connectivity index (χ1) is 10.7. The lowest BCUT2D eigenvalue weighted by atomic mass is 10.1. The van der Waals surface area contributed by atoms with Crippen LogP contribution in [0.15, 0.2) is 30.3 Å². The van der Waals surface area contributed by atoms with Crippen molar-refractivity contribution in [2.24, 2.45) is 0 Å². The molecule has 1 heterocycles. The number of carbonyl (C=O) groups excluding carboxylic acids is 1. The number of piperidine rings is 1. The number of nitrogens with one attached hydrogen (secondary N) is 2. The van der Waals surface area contributed by atoms with Crippen LogP contribution in [0, 0.1) is 0 Å². The molecule has 5 nitrogen and oxygen atoms in total. The molecular formula is C17H27N3O2. The summed E-state index contributed by atoms with van der Waals surface area (Å²) in [6.07, 6.45) is 2.96. The van der Waals surface area contributed by atoms with Gasteiger partial charge in [-0.1, -0.05) is 18.2 Å². The topological polar surface area (TPSA) is 53.6 Å². The largest absolute Gasteiger partial charge is 0.385 e. The Morgan fingerprint density at radius 2 is 2.18 bits per heavy atom. The predicted molar refractivity (Wildman–Crippen MR) is 89.1 cm³/mol. The van der Waals surface area contributed by atoms with Crippen LogP contribution in [0.2, 0.25) is 0 Å². The van der Waals surface area contributed by atoms with Crippen LogP contribution < -0.4 is 10.6 Å². The van der Waals surface area contributed by atoms with E-state index in [0.717, 1.165) is 38.0 Å². The maximum atomic E-state index is 12.3. The van der Waals surface area contributed by atoms with E-state index < -0.39 is 0 Å². The highest BCUT2D eigenvalue weighted by molar-refractivity contribution is 5.74. The second-order valence-corrected chi connectivity index (χ2v) is 5.93. The zero-order valence-corrected chi connectivity index (χ0v) is 13.5. The van der Waals surface area contributed by atoms with Gasteiger partial charge in [0.15, 0.2) is 0 Å². The third-order valence-corrected chi connectivity index (χ3v) is 3.98. The maximum absolute atomic E-state index is 12.3. The highest BCUT2D eigenvalue weighted by Gasteiger charge is 2.24. The van der Waals surface area contributed by atoms with Gasteiger partial charge in [-0.05, 0) is 38.3 Å². The molecule has 2 N–H and O–H groups in total. The Hall–Kier alpha value is -1.75. The molecule has 22 heavy (non-hydrogen) atoms. The summed E-state index contributed by atoms with van der Waals surface area (Å²) in [5, 5.41) is 6.56. The first kappa shape index (κ1) is 16.6. The minimum Gasteiger partial charge on any atom is -0.385 e. The Bertz CT molecular complexity index is 452. The SMILES string of the molecule is COCC[C@H](C)NC(=O)N1CCC[C@H](Nc2ccccc2)C1. The van der Waals surface area contributed by atoms with Gasteiger partial charge in [0.25, 0.3) is 0 Å². The van der Waals surface area contributed by atoms with Crippen molar-refractivity contribution in [3.05, 3.63) is 30.3 Å². The van der Waals surface area contributed by atoms with Crippen molar-refractivity contribution in [3.63, 3.8) is 0 Å². The van der Waals surface area contributed by atoms with Gasteiger partial charge in [-0.15, -0.1) is 0 Å². The van der Waals surface area contributed by atoms with E-state index in [-0.39, 0.29) is 12.1 Å². The predicted octanol–water partition coefficient (Wildman–Crippen LogP) is 2.70. The van der Waals surface area contributed by atoms with E-state index in [2.05, 4.69) is 22.8 Å². The number of urea groups is 1. The summed E-state index contributed by atoms with van der Waals surface area (Å²) in [4.78, 5) is 14.2. The summed E-state index contributed by atoms with van der Waals surface area (Å²) < 4.78 is 5.05. The Kier molecular flexibility index (Phi) is 6.52. The molecule has 0 aliphatic carbocycles. The van der Waals surface area contributed by atoms with Gasteiger partial charge in [0.2, 0.25) is 0 Å². The fourth-order valence-corrected chi connectivity index (χ4v) is 2.72. The van der Waals surface area contributed by atoms with Crippen molar-refractivity contribution in [3.8, 4) is 0 Å². The first-order valence-corrected chi connectivity index (χ1v) is 8.05. The van der Waals surface area contributed by atoms with Crippen LogP contribution in [-0.2, 0) is 4.74 Å². The zero-order chi connectivity index (χ0) is 15.8. The minimum atomic E-state index is 0.0307. The van der Waals surface area contributed by atoms with E-state index >= 15 is 0 Å². The number of nitrogens with zero attached hydrogens (tertiary/aromatic N) is 1. The van der Waals surface area contributed by atoms with Gasteiger partial charge in [0.05, 0.1) is 0 Å². The fraction of sp³-hybridized carbons (Fsp3) is 0.588. The molecule has 122 valence electrons.